The molecule has 0 bridgehead atoms. The number of benzene rings is 2. The molecule has 1 aliphatic carbocycles. The Morgan fingerprint density at radius 2 is 1.93 bits per heavy atom. The van der Waals surface area contributed by atoms with Crippen LogP contribution in [0.5, 0.6) is 0 Å². The molecule has 0 saturated heterocycles. The van der Waals surface area contributed by atoms with E-state index in [0.717, 1.165) is 46.0 Å². The summed E-state index contributed by atoms with van der Waals surface area (Å²) in [6.07, 6.45) is 11.4. The number of hydrogen-bond donors (Lipinski definition) is 0. The van der Waals surface area contributed by atoms with Gasteiger partial charge in [0.25, 0.3) is 0 Å². The van der Waals surface area contributed by atoms with Gasteiger partial charge in [0.05, 0.1) is 39.7 Å². The average Bonchev–Trinajstić information content (AvgIpc) is 3.33. The Labute approximate surface area is 232 Å². The van der Waals surface area contributed by atoms with Gasteiger partial charge in [-0.15, -0.1) is 5.10 Å². The number of tetrazole rings is 1. The van der Waals surface area contributed by atoms with E-state index in [4.69, 9.17) is 11.6 Å². The Hall–Kier alpha value is -4.64. The summed E-state index contributed by atoms with van der Waals surface area (Å²) in [5.74, 6) is -0.125. The van der Waals surface area contributed by atoms with Gasteiger partial charge < -0.3 is 5.21 Å². The molecule has 0 N–H and O–H groups in total. The summed E-state index contributed by atoms with van der Waals surface area (Å²) in [7, 11) is 1.92. The zero-order chi connectivity index (χ0) is 27.4. The fourth-order valence-electron chi connectivity index (χ4n) is 5.21. The summed E-state index contributed by atoms with van der Waals surface area (Å²) in [5.41, 5.74) is 4.43. The molecular formula is C28H23ClFN9O. The van der Waals surface area contributed by atoms with Gasteiger partial charge in [-0.2, -0.15) is 19.6 Å². The molecule has 7 rings (SSSR count). The SMILES string of the molecule is Cn1ncc2cc(-c3cnn(C(CC4CC4)c4ccc(-c5c(-n6cnnn6)ccc(Cl)c5F)c[n+]4[O-])c3)ccc21. The zero-order valence-corrected chi connectivity index (χ0v) is 22.1. The maximum absolute atomic E-state index is 15.3. The Kier molecular flexibility index (Phi) is 5.81. The predicted octanol–water partition coefficient (Wildman–Crippen LogP) is 4.89. The fourth-order valence-corrected chi connectivity index (χ4v) is 5.37. The summed E-state index contributed by atoms with van der Waals surface area (Å²) < 4.78 is 21.1. The lowest BCUT2D eigenvalue weighted by atomic mass is 10.0. The van der Waals surface area contributed by atoms with Crippen LogP contribution in [0.1, 0.15) is 31.0 Å². The molecule has 0 radical (unpaired) electrons. The van der Waals surface area contributed by atoms with Gasteiger partial charge in [-0.3, -0.25) is 9.36 Å². The van der Waals surface area contributed by atoms with Crippen LogP contribution in [0.25, 0.3) is 38.8 Å². The lowest BCUT2D eigenvalue weighted by Crippen LogP contribution is -2.35. The largest absolute Gasteiger partial charge is 0.618 e. The molecule has 1 atom stereocenters. The molecule has 10 nitrogen and oxygen atoms in total. The van der Waals surface area contributed by atoms with Crippen molar-refractivity contribution >= 4 is 22.5 Å². The van der Waals surface area contributed by atoms with Crippen molar-refractivity contribution in [1.29, 1.82) is 0 Å². The monoisotopic (exact) mass is 555 g/mol. The van der Waals surface area contributed by atoms with Crippen LogP contribution in [0.4, 0.5) is 4.39 Å². The van der Waals surface area contributed by atoms with Gasteiger partial charge in [0.1, 0.15) is 12.4 Å². The van der Waals surface area contributed by atoms with Gasteiger partial charge in [0.15, 0.2) is 12.0 Å². The molecule has 0 amide bonds. The van der Waals surface area contributed by atoms with Gasteiger partial charge in [-0.05, 0) is 58.7 Å². The van der Waals surface area contributed by atoms with Crippen LogP contribution >= 0.6 is 11.6 Å². The van der Waals surface area contributed by atoms with Crippen molar-refractivity contribution in [3.63, 3.8) is 0 Å². The summed E-state index contributed by atoms with van der Waals surface area (Å²) >= 11 is 6.11. The van der Waals surface area contributed by atoms with E-state index in [9.17, 15) is 5.21 Å². The van der Waals surface area contributed by atoms with Gasteiger partial charge in [0.2, 0.25) is 5.69 Å². The Morgan fingerprint density at radius 3 is 2.70 bits per heavy atom. The highest BCUT2D eigenvalue weighted by Gasteiger charge is 2.32. The second-order valence-electron chi connectivity index (χ2n) is 10.1. The van der Waals surface area contributed by atoms with Crippen molar-refractivity contribution < 1.29 is 9.12 Å². The number of halogens is 2. The van der Waals surface area contributed by atoms with E-state index >= 15 is 4.39 Å². The molecule has 40 heavy (non-hydrogen) atoms. The number of hydrogen-bond acceptors (Lipinski definition) is 6. The van der Waals surface area contributed by atoms with Crippen molar-refractivity contribution in [2.45, 2.75) is 25.3 Å². The first-order valence-electron chi connectivity index (χ1n) is 12.9. The van der Waals surface area contributed by atoms with Gasteiger partial charge in [-0.25, -0.2) is 4.39 Å². The first-order valence-corrected chi connectivity index (χ1v) is 13.2. The highest BCUT2D eigenvalue weighted by Crippen LogP contribution is 2.40. The zero-order valence-electron chi connectivity index (χ0n) is 21.4. The molecule has 4 heterocycles. The second kappa shape index (κ2) is 9.53. The first-order chi connectivity index (χ1) is 19.5. The molecule has 12 heteroatoms. The fraction of sp³-hybridized carbons (Fsp3) is 0.214. The number of aromatic nitrogens is 9. The summed E-state index contributed by atoms with van der Waals surface area (Å²) in [5, 5.41) is 34.7. The number of nitrogens with zero attached hydrogens (tertiary/aromatic N) is 9. The first kappa shape index (κ1) is 24.4. The molecule has 0 spiro atoms. The number of aryl methyl sites for hydroxylation is 1. The van der Waals surface area contributed by atoms with Crippen LogP contribution in [-0.4, -0.2) is 39.8 Å². The minimum Gasteiger partial charge on any atom is -0.618 e. The molecule has 1 fully saturated rings. The van der Waals surface area contributed by atoms with E-state index in [2.05, 4.69) is 31.8 Å². The maximum atomic E-state index is 15.3. The van der Waals surface area contributed by atoms with Crippen LogP contribution in [-0.2, 0) is 7.05 Å². The van der Waals surface area contributed by atoms with Crippen molar-refractivity contribution in [2.24, 2.45) is 13.0 Å². The van der Waals surface area contributed by atoms with E-state index in [1.807, 2.05) is 47.1 Å². The van der Waals surface area contributed by atoms with Crippen molar-refractivity contribution in [3.8, 4) is 27.9 Å². The summed E-state index contributed by atoms with van der Waals surface area (Å²) in [4.78, 5) is 0. The van der Waals surface area contributed by atoms with Crippen LogP contribution in [0, 0.1) is 16.9 Å². The van der Waals surface area contributed by atoms with Gasteiger partial charge in [0, 0.05) is 30.3 Å². The molecule has 200 valence electrons. The smallest absolute Gasteiger partial charge is 0.217 e. The van der Waals surface area contributed by atoms with Crippen LogP contribution in [0.15, 0.2) is 73.6 Å². The minimum atomic E-state index is -0.653. The molecule has 6 aromatic rings. The van der Waals surface area contributed by atoms with E-state index in [0.29, 0.717) is 22.9 Å². The van der Waals surface area contributed by atoms with Crippen molar-refractivity contribution in [3.05, 3.63) is 95.3 Å². The number of fused-ring (bicyclic) bond motifs is 1. The molecule has 1 aliphatic rings. The minimum absolute atomic E-state index is 0.0616. The Balaban J connectivity index is 1.26. The third kappa shape index (κ3) is 4.28. The maximum Gasteiger partial charge on any atom is 0.217 e. The topological polar surface area (TPSA) is 106 Å². The Morgan fingerprint density at radius 1 is 1.07 bits per heavy atom. The van der Waals surface area contributed by atoms with Crippen LogP contribution < -0.4 is 4.73 Å². The number of pyridine rings is 1. The molecule has 4 aromatic heterocycles. The third-order valence-electron chi connectivity index (χ3n) is 7.50. The second-order valence-corrected chi connectivity index (χ2v) is 10.5. The van der Waals surface area contributed by atoms with Gasteiger partial charge >= 0.3 is 0 Å². The van der Waals surface area contributed by atoms with E-state index in [1.54, 1.807) is 18.2 Å². The quantitative estimate of drug-likeness (QED) is 0.205. The Bertz CT molecular complexity index is 1860. The average molecular weight is 556 g/mol. The van der Waals surface area contributed by atoms with E-state index in [1.165, 1.54) is 23.3 Å². The molecule has 2 aromatic carbocycles. The lowest BCUT2D eigenvalue weighted by molar-refractivity contribution is -0.615. The van der Waals surface area contributed by atoms with E-state index in [-0.39, 0.29) is 16.6 Å². The predicted molar refractivity (Wildman–Crippen MR) is 146 cm³/mol. The summed E-state index contributed by atoms with van der Waals surface area (Å²) in [6, 6.07) is 12.4. The number of rotatable bonds is 7. The molecule has 1 unspecified atom stereocenters. The van der Waals surface area contributed by atoms with Gasteiger partial charge in [-0.1, -0.05) is 30.5 Å². The standard InChI is InChI=1S/C28H23ClFN9O/c1-36-23-7-4-18(11-20(23)12-32-36)21-13-33-37(14-21)26(10-17-2-3-17)24-8-5-19(15-39(24)40)27-25(38-16-31-34-35-38)9-6-22(29)28(27)30/h4-9,11-17,26H,2-3,10H2,1H3. The highest BCUT2D eigenvalue weighted by atomic mass is 35.5. The third-order valence-corrected chi connectivity index (χ3v) is 7.79. The lowest BCUT2D eigenvalue weighted by Gasteiger charge is -2.18. The van der Waals surface area contributed by atoms with Crippen LogP contribution in [0.2, 0.25) is 5.02 Å². The molecule has 0 aliphatic heterocycles. The van der Waals surface area contributed by atoms with Crippen molar-refractivity contribution in [2.75, 3.05) is 0 Å². The van der Waals surface area contributed by atoms with Crippen LogP contribution in [0.3, 0.4) is 0 Å². The molecule has 1 saturated carbocycles. The summed E-state index contributed by atoms with van der Waals surface area (Å²) in [6.45, 7) is 0. The highest BCUT2D eigenvalue weighted by molar-refractivity contribution is 6.31. The normalized spacial score (nSPS) is 14.2. The van der Waals surface area contributed by atoms with Crippen molar-refractivity contribution in [1.82, 2.24) is 39.8 Å². The van der Waals surface area contributed by atoms with E-state index < -0.39 is 5.82 Å². The molecular weight excluding hydrogens is 533 g/mol.